The van der Waals surface area contributed by atoms with E-state index in [4.69, 9.17) is 5.26 Å². The summed E-state index contributed by atoms with van der Waals surface area (Å²) in [6, 6.07) is 4.26. The van der Waals surface area contributed by atoms with Gasteiger partial charge in [0, 0.05) is 31.9 Å². The Morgan fingerprint density at radius 3 is 3.19 bits per heavy atom. The Kier molecular flexibility index (Phi) is 3.25. The Labute approximate surface area is 94.9 Å². The normalized spacial score (nSPS) is 20.8. The van der Waals surface area contributed by atoms with Crippen LogP contribution in [0.5, 0.6) is 0 Å². The highest BCUT2D eigenvalue weighted by Crippen LogP contribution is 2.17. The summed E-state index contributed by atoms with van der Waals surface area (Å²) in [5, 5.41) is 8.85. The Morgan fingerprint density at radius 1 is 1.62 bits per heavy atom. The fourth-order valence-corrected chi connectivity index (χ4v) is 2.01. The van der Waals surface area contributed by atoms with Gasteiger partial charge < -0.3 is 9.88 Å². The van der Waals surface area contributed by atoms with Gasteiger partial charge in [-0.05, 0) is 24.5 Å². The number of hydrogen-bond acceptors (Lipinski definition) is 2. The number of likely N-dealkylation sites (tertiary alicyclic amines) is 1. The maximum atomic E-state index is 11.6. The molecule has 1 aliphatic heterocycles. The molecule has 0 bridgehead atoms. The van der Waals surface area contributed by atoms with E-state index in [1.54, 1.807) is 0 Å². The molecule has 1 N–H and O–H groups in total. The lowest BCUT2D eigenvalue weighted by Crippen LogP contribution is -2.40. The third-order valence-corrected chi connectivity index (χ3v) is 3.02. The topological polar surface area (TPSA) is 59.9 Å². The number of nitrogens with one attached hydrogen (secondary N) is 1. The largest absolute Gasteiger partial charge is 0.367 e. The summed E-state index contributed by atoms with van der Waals surface area (Å²) >= 11 is 0. The molecule has 1 aliphatic rings. The maximum Gasteiger partial charge on any atom is 0.222 e. The van der Waals surface area contributed by atoms with Crippen LogP contribution in [0.1, 0.15) is 18.4 Å². The van der Waals surface area contributed by atoms with Gasteiger partial charge in [0.25, 0.3) is 0 Å². The lowest BCUT2D eigenvalue weighted by molar-refractivity contribution is -0.134. The van der Waals surface area contributed by atoms with E-state index < -0.39 is 0 Å². The Balaban J connectivity index is 1.88. The minimum atomic E-state index is 0.0175. The molecule has 1 aromatic rings. The standard InChI is InChI=1S/C12H15N3O/c13-7-11-1-2-12(16)15(9-11)6-4-10-3-5-14-8-10/h3,5,8,11,14H,1-2,4,6,9H2. The second kappa shape index (κ2) is 4.84. The molecule has 4 heteroatoms. The zero-order valence-electron chi connectivity index (χ0n) is 9.15. The van der Waals surface area contributed by atoms with Crippen molar-refractivity contribution in [3.8, 4) is 6.07 Å². The predicted octanol–water partition coefficient (Wildman–Crippen LogP) is 1.32. The van der Waals surface area contributed by atoms with Crippen molar-refractivity contribution in [2.45, 2.75) is 19.3 Å². The number of aromatic amines is 1. The van der Waals surface area contributed by atoms with Crippen LogP contribution in [0, 0.1) is 17.2 Å². The van der Waals surface area contributed by atoms with Crippen molar-refractivity contribution in [1.29, 1.82) is 5.26 Å². The van der Waals surface area contributed by atoms with Crippen LogP contribution in [0.15, 0.2) is 18.5 Å². The first-order valence-electron chi connectivity index (χ1n) is 5.58. The van der Waals surface area contributed by atoms with Crippen molar-refractivity contribution in [2.24, 2.45) is 5.92 Å². The molecule has 1 aromatic heterocycles. The molecule has 0 spiro atoms. The van der Waals surface area contributed by atoms with Crippen LogP contribution in [0.4, 0.5) is 0 Å². The van der Waals surface area contributed by atoms with E-state index in [0.29, 0.717) is 13.0 Å². The van der Waals surface area contributed by atoms with Crippen LogP contribution in [0.25, 0.3) is 0 Å². The fraction of sp³-hybridized carbons (Fsp3) is 0.500. The van der Waals surface area contributed by atoms with Gasteiger partial charge in [-0.2, -0.15) is 5.26 Å². The van der Waals surface area contributed by atoms with Crippen LogP contribution < -0.4 is 0 Å². The molecule has 1 fully saturated rings. The van der Waals surface area contributed by atoms with Gasteiger partial charge in [0.05, 0.1) is 12.0 Å². The van der Waals surface area contributed by atoms with Gasteiger partial charge in [-0.3, -0.25) is 4.79 Å². The zero-order valence-corrected chi connectivity index (χ0v) is 9.15. The van der Waals surface area contributed by atoms with Crippen LogP contribution in [-0.4, -0.2) is 28.9 Å². The number of hydrogen-bond donors (Lipinski definition) is 1. The van der Waals surface area contributed by atoms with Gasteiger partial charge >= 0.3 is 0 Å². The smallest absolute Gasteiger partial charge is 0.222 e. The number of amides is 1. The molecule has 4 nitrogen and oxygen atoms in total. The molecule has 1 saturated heterocycles. The summed E-state index contributed by atoms with van der Waals surface area (Å²) in [6.45, 7) is 1.31. The maximum absolute atomic E-state index is 11.6. The molecule has 2 rings (SSSR count). The van der Waals surface area contributed by atoms with Gasteiger partial charge in [0.15, 0.2) is 0 Å². The van der Waals surface area contributed by atoms with Crippen molar-refractivity contribution in [2.75, 3.05) is 13.1 Å². The number of carbonyl (C=O) groups is 1. The number of carbonyl (C=O) groups excluding carboxylic acids is 1. The number of rotatable bonds is 3. The van der Waals surface area contributed by atoms with Crippen molar-refractivity contribution in [1.82, 2.24) is 9.88 Å². The quantitative estimate of drug-likeness (QED) is 0.830. The van der Waals surface area contributed by atoms with E-state index in [1.807, 2.05) is 23.4 Å². The molecule has 0 radical (unpaired) electrons. The van der Waals surface area contributed by atoms with Gasteiger partial charge in [0.1, 0.15) is 0 Å². The Morgan fingerprint density at radius 2 is 2.50 bits per heavy atom. The highest BCUT2D eigenvalue weighted by atomic mass is 16.2. The van der Waals surface area contributed by atoms with E-state index in [9.17, 15) is 4.79 Å². The summed E-state index contributed by atoms with van der Waals surface area (Å²) in [5.74, 6) is 0.200. The number of nitriles is 1. The van der Waals surface area contributed by atoms with E-state index in [1.165, 1.54) is 5.56 Å². The zero-order chi connectivity index (χ0) is 11.4. The molecular formula is C12H15N3O. The summed E-state index contributed by atoms with van der Waals surface area (Å²) in [4.78, 5) is 16.4. The van der Waals surface area contributed by atoms with E-state index in [0.717, 1.165) is 19.4 Å². The minimum absolute atomic E-state index is 0.0175. The molecule has 0 aliphatic carbocycles. The molecule has 1 amide bonds. The molecule has 1 atom stereocenters. The van der Waals surface area contributed by atoms with Gasteiger partial charge in [-0.1, -0.05) is 0 Å². The lowest BCUT2D eigenvalue weighted by atomic mass is 9.99. The molecule has 1 unspecified atom stereocenters. The van der Waals surface area contributed by atoms with Crippen molar-refractivity contribution in [3.05, 3.63) is 24.0 Å². The highest BCUT2D eigenvalue weighted by molar-refractivity contribution is 5.77. The average molecular weight is 217 g/mol. The van der Waals surface area contributed by atoms with Crippen molar-refractivity contribution in [3.63, 3.8) is 0 Å². The monoisotopic (exact) mass is 217 g/mol. The molecule has 16 heavy (non-hydrogen) atoms. The van der Waals surface area contributed by atoms with Crippen molar-refractivity contribution < 1.29 is 4.79 Å². The summed E-state index contributed by atoms with van der Waals surface area (Å²) in [7, 11) is 0. The highest BCUT2D eigenvalue weighted by Gasteiger charge is 2.24. The van der Waals surface area contributed by atoms with E-state index >= 15 is 0 Å². The second-order valence-corrected chi connectivity index (χ2v) is 4.17. The summed E-state index contributed by atoms with van der Waals surface area (Å²) in [6.07, 6.45) is 5.91. The van der Waals surface area contributed by atoms with Crippen molar-refractivity contribution >= 4 is 5.91 Å². The van der Waals surface area contributed by atoms with Crippen LogP contribution in [0.3, 0.4) is 0 Å². The van der Waals surface area contributed by atoms with Crippen LogP contribution in [0.2, 0.25) is 0 Å². The predicted molar refractivity (Wildman–Crippen MR) is 59.4 cm³/mol. The first-order valence-corrected chi connectivity index (χ1v) is 5.58. The third kappa shape index (κ3) is 2.43. The van der Waals surface area contributed by atoms with E-state index in [2.05, 4.69) is 11.1 Å². The third-order valence-electron chi connectivity index (χ3n) is 3.02. The Hall–Kier alpha value is -1.76. The first kappa shape index (κ1) is 10.7. The van der Waals surface area contributed by atoms with Gasteiger partial charge in [0.2, 0.25) is 5.91 Å². The average Bonchev–Trinajstić information content (AvgIpc) is 2.81. The molecule has 2 heterocycles. The number of H-pyrrole nitrogens is 1. The van der Waals surface area contributed by atoms with Gasteiger partial charge in [-0.15, -0.1) is 0 Å². The minimum Gasteiger partial charge on any atom is -0.367 e. The summed E-state index contributed by atoms with van der Waals surface area (Å²) < 4.78 is 0. The molecule has 84 valence electrons. The SMILES string of the molecule is N#CC1CCC(=O)N(CCc2cc[nH]c2)C1. The first-order chi connectivity index (χ1) is 7.79. The number of piperidine rings is 1. The molecule has 0 saturated carbocycles. The number of nitrogens with zero attached hydrogens (tertiary/aromatic N) is 2. The Bertz CT molecular complexity index is 391. The van der Waals surface area contributed by atoms with Gasteiger partial charge in [-0.25, -0.2) is 0 Å². The lowest BCUT2D eigenvalue weighted by Gasteiger charge is -2.29. The fourth-order valence-electron chi connectivity index (χ4n) is 2.01. The number of aromatic nitrogens is 1. The second-order valence-electron chi connectivity index (χ2n) is 4.17. The molecule has 0 aromatic carbocycles. The summed E-state index contributed by atoms with van der Waals surface area (Å²) in [5.41, 5.74) is 1.20. The van der Waals surface area contributed by atoms with E-state index in [-0.39, 0.29) is 11.8 Å². The molecular weight excluding hydrogens is 202 g/mol. The van der Waals surface area contributed by atoms with Crippen LogP contribution in [-0.2, 0) is 11.2 Å². The van der Waals surface area contributed by atoms with Crippen LogP contribution >= 0.6 is 0 Å².